The van der Waals surface area contributed by atoms with Gasteiger partial charge in [0.15, 0.2) is 11.6 Å². The molecular formula is C13H13F2NO3. The van der Waals surface area contributed by atoms with Crippen LogP contribution in [-0.2, 0) is 14.4 Å². The lowest BCUT2D eigenvalue weighted by Gasteiger charge is -2.20. The highest BCUT2D eigenvalue weighted by atomic mass is 19.2. The molecule has 0 saturated carbocycles. The summed E-state index contributed by atoms with van der Waals surface area (Å²) in [6.45, 7) is 2.32. The Bertz CT molecular complexity index is 519. The minimum absolute atomic E-state index is 0.0973. The second-order valence-corrected chi connectivity index (χ2v) is 4.57. The molecule has 0 N–H and O–H groups in total. The molecular weight excluding hydrogens is 256 g/mol. The first-order valence-electron chi connectivity index (χ1n) is 5.80. The van der Waals surface area contributed by atoms with Gasteiger partial charge in [-0.2, -0.15) is 0 Å². The lowest BCUT2D eigenvalue weighted by atomic mass is 9.93. The lowest BCUT2D eigenvalue weighted by molar-refractivity contribution is -0.130. The number of oxime groups is 1. The van der Waals surface area contributed by atoms with Crippen molar-refractivity contribution < 1.29 is 23.1 Å². The number of ether oxygens (including phenoxy) is 1. The second-order valence-electron chi connectivity index (χ2n) is 4.57. The molecule has 1 unspecified atom stereocenters. The van der Waals surface area contributed by atoms with Gasteiger partial charge in [-0.05, 0) is 19.1 Å². The normalized spacial score (nSPS) is 21.7. The summed E-state index contributed by atoms with van der Waals surface area (Å²) >= 11 is 0. The van der Waals surface area contributed by atoms with Crippen molar-refractivity contribution in [1.29, 1.82) is 0 Å². The molecule has 4 nitrogen and oxygen atoms in total. The van der Waals surface area contributed by atoms with Gasteiger partial charge < -0.3 is 9.57 Å². The first kappa shape index (κ1) is 13.5. The van der Waals surface area contributed by atoms with E-state index in [2.05, 4.69) is 9.89 Å². The van der Waals surface area contributed by atoms with Crippen molar-refractivity contribution in [1.82, 2.24) is 0 Å². The van der Waals surface area contributed by atoms with Gasteiger partial charge in [-0.25, -0.2) is 8.78 Å². The number of hydrogen-bond donors (Lipinski definition) is 0. The summed E-state index contributed by atoms with van der Waals surface area (Å²) < 4.78 is 31.4. The number of carbonyl (C=O) groups is 1. The van der Waals surface area contributed by atoms with Crippen LogP contribution in [0.25, 0.3) is 0 Å². The van der Waals surface area contributed by atoms with Gasteiger partial charge in [-0.1, -0.05) is 11.2 Å². The van der Waals surface area contributed by atoms with E-state index in [4.69, 9.17) is 4.84 Å². The summed E-state index contributed by atoms with van der Waals surface area (Å²) in [5.41, 5.74) is -0.220. The summed E-state index contributed by atoms with van der Waals surface area (Å²) in [4.78, 5) is 15.3. The smallest absolute Gasteiger partial charge is 0.293 e. The average molecular weight is 269 g/mol. The Balaban J connectivity index is 2.09. The minimum atomic E-state index is -0.932. The molecule has 0 amide bonds. The van der Waals surface area contributed by atoms with Gasteiger partial charge in [-0.15, -0.1) is 0 Å². The van der Waals surface area contributed by atoms with Crippen molar-refractivity contribution in [2.75, 3.05) is 6.61 Å². The summed E-state index contributed by atoms with van der Waals surface area (Å²) in [5.74, 6) is -1.85. The number of halogens is 2. The monoisotopic (exact) mass is 269 g/mol. The Morgan fingerprint density at radius 3 is 3.05 bits per heavy atom. The Kier molecular flexibility index (Phi) is 3.78. The molecule has 1 heterocycles. The molecule has 1 aliphatic rings. The van der Waals surface area contributed by atoms with E-state index >= 15 is 0 Å². The number of hydrogen-bond acceptors (Lipinski definition) is 4. The highest BCUT2D eigenvalue weighted by Crippen LogP contribution is 2.30. The van der Waals surface area contributed by atoms with E-state index in [1.165, 1.54) is 12.1 Å². The molecule has 1 aromatic rings. The van der Waals surface area contributed by atoms with E-state index in [1.807, 2.05) is 0 Å². The fourth-order valence-electron chi connectivity index (χ4n) is 1.91. The second kappa shape index (κ2) is 5.34. The third-order valence-electron chi connectivity index (χ3n) is 3.00. The lowest BCUT2D eigenvalue weighted by Crippen LogP contribution is -2.27. The van der Waals surface area contributed by atoms with Crippen LogP contribution in [0.15, 0.2) is 23.4 Å². The average Bonchev–Trinajstić information content (AvgIpc) is 2.76. The van der Waals surface area contributed by atoms with Crippen LogP contribution in [0.3, 0.4) is 0 Å². The number of benzene rings is 1. The van der Waals surface area contributed by atoms with Gasteiger partial charge in [0.1, 0.15) is 5.60 Å². The molecule has 0 fully saturated rings. The zero-order chi connectivity index (χ0) is 13.9. The Labute approximate surface area is 109 Å². The van der Waals surface area contributed by atoms with Gasteiger partial charge in [-0.3, -0.25) is 4.79 Å². The maximum Gasteiger partial charge on any atom is 0.293 e. The number of rotatable bonds is 5. The van der Waals surface area contributed by atoms with Crippen LogP contribution in [0, 0.1) is 11.6 Å². The highest BCUT2D eigenvalue weighted by Gasteiger charge is 2.35. The van der Waals surface area contributed by atoms with E-state index < -0.39 is 17.2 Å². The van der Waals surface area contributed by atoms with Gasteiger partial charge >= 0.3 is 0 Å². The standard InChI is InChI=1S/C13H13F2NO3/c1-13(5-6-18-8-17)7-11(16-19-13)9-3-2-4-10(14)12(9)15/h2-4,8H,5-7H2,1H3. The Morgan fingerprint density at radius 2 is 2.32 bits per heavy atom. The summed E-state index contributed by atoms with van der Waals surface area (Å²) in [6.07, 6.45) is 0.755. The molecule has 1 atom stereocenters. The van der Waals surface area contributed by atoms with Crippen LogP contribution >= 0.6 is 0 Å². The summed E-state index contributed by atoms with van der Waals surface area (Å²) in [6, 6.07) is 3.92. The highest BCUT2D eigenvalue weighted by molar-refractivity contribution is 6.01. The quantitative estimate of drug-likeness (QED) is 0.609. The van der Waals surface area contributed by atoms with Gasteiger partial charge in [0.05, 0.1) is 12.3 Å². The SMILES string of the molecule is CC1(CCOC=O)CC(c2cccc(F)c2F)=NO1. The molecule has 0 radical (unpaired) electrons. The van der Waals surface area contributed by atoms with Crippen molar-refractivity contribution in [3.63, 3.8) is 0 Å². The molecule has 2 rings (SSSR count). The summed E-state index contributed by atoms with van der Waals surface area (Å²) in [5, 5.41) is 3.81. The minimum Gasteiger partial charge on any atom is -0.468 e. The zero-order valence-electron chi connectivity index (χ0n) is 10.4. The van der Waals surface area contributed by atoms with Gasteiger partial charge in [0.2, 0.25) is 0 Å². The number of nitrogens with zero attached hydrogens (tertiary/aromatic N) is 1. The molecule has 1 aliphatic heterocycles. The molecule has 0 bridgehead atoms. The predicted octanol–water partition coefficient (Wildman–Crippen LogP) is 2.41. The molecule has 0 saturated heterocycles. The van der Waals surface area contributed by atoms with E-state index in [1.54, 1.807) is 6.92 Å². The van der Waals surface area contributed by atoms with Crippen LogP contribution in [0.5, 0.6) is 0 Å². The van der Waals surface area contributed by atoms with Gasteiger partial charge in [0, 0.05) is 18.4 Å². The van der Waals surface area contributed by atoms with Crippen molar-refractivity contribution >= 4 is 12.2 Å². The summed E-state index contributed by atoms with van der Waals surface area (Å²) in [7, 11) is 0. The third kappa shape index (κ3) is 2.89. The predicted molar refractivity (Wildman–Crippen MR) is 63.6 cm³/mol. The third-order valence-corrected chi connectivity index (χ3v) is 3.00. The molecule has 6 heteroatoms. The largest absolute Gasteiger partial charge is 0.468 e. The molecule has 19 heavy (non-hydrogen) atoms. The van der Waals surface area contributed by atoms with E-state index in [9.17, 15) is 13.6 Å². The number of carbonyl (C=O) groups excluding carboxylic acids is 1. The topological polar surface area (TPSA) is 47.9 Å². The molecule has 1 aromatic carbocycles. The van der Waals surface area contributed by atoms with E-state index in [0.29, 0.717) is 25.0 Å². The maximum atomic E-state index is 13.6. The van der Waals surface area contributed by atoms with Crippen LogP contribution < -0.4 is 0 Å². The van der Waals surface area contributed by atoms with Crippen LogP contribution in [0.1, 0.15) is 25.3 Å². The first-order chi connectivity index (χ1) is 9.06. The fraction of sp³-hybridized carbons (Fsp3) is 0.385. The van der Waals surface area contributed by atoms with E-state index in [-0.39, 0.29) is 12.2 Å². The van der Waals surface area contributed by atoms with Crippen molar-refractivity contribution in [3.8, 4) is 0 Å². The zero-order valence-corrected chi connectivity index (χ0v) is 10.4. The Hall–Kier alpha value is -1.98. The van der Waals surface area contributed by atoms with Crippen LogP contribution in [0.4, 0.5) is 8.78 Å². The van der Waals surface area contributed by atoms with Crippen molar-refractivity contribution in [2.45, 2.75) is 25.4 Å². The van der Waals surface area contributed by atoms with Gasteiger partial charge in [0.25, 0.3) is 6.47 Å². The molecule has 0 spiro atoms. The van der Waals surface area contributed by atoms with Crippen molar-refractivity contribution in [3.05, 3.63) is 35.4 Å². The van der Waals surface area contributed by atoms with Crippen molar-refractivity contribution in [2.24, 2.45) is 5.16 Å². The molecule has 102 valence electrons. The molecule has 0 aromatic heterocycles. The first-order valence-corrected chi connectivity index (χ1v) is 5.80. The Morgan fingerprint density at radius 1 is 1.53 bits per heavy atom. The van der Waals surface area contributed by atoms with E-state index in [0.717, 1.165) is 6.07 Å². The molecule has 0 aliphatic carbocycles. The van der Waals surface area contributed by atoms with Crippen LogP contribution in [0.2, 0.25) is 0 Å². The fourth-order valence-corrected chi connectivity index (χ4v) is 1.91. The van der Waals surface area contributed by atoms with Crippen LogP contribution in [-0.4, -0.2) is 24.4 Å². The maximum absolute atomic E-state index is 13.6.